The van der Waals surface area contributed by atoms with Gasteiger partial charge < -0.3 is 5.11 Å². The Morgan fingerprint density at radius 2 is 2.12 bits per heavy atom. The first-order chi connectivity index (χ1) is 7.61. The van der Waals surface area contributed by atoms with Crippen LogP contribution < -0.4 is 0 Å². The summed E-state index contributed by atoms with van der Waals surface area (Å²) in [5.74, 6) is -1.82. The molecule has 0 unspecified atom stereocenters. The molecule has 0 bridgehead atoms. The number of carboxylic acids is 1. The van der Waals surface area contributed by atoms with Gasteiger partial charge in [-0.25, -0.2) is 13.9 Å². The molecule has 16 heavy (non-hydrogen) atoms. The lowest BCUT2D eigenvalue weighted by atomic mass is 10.3. The predicted octanol–water partition coefficient (Wildman–Crippen LogP) is 2.36. The molecule has 0 spiro atoms. The SMILES string of the molecule is O=C(O)c1c(Cl)cnn1-c1ccccc1F. The van der Waals surface area contributed by atoms with E-state index in [-0.39, 0.29) is 16.4 Å². The fourth-order valence-electron chi connectivity index (χ4n) is 1.33. The van der Waals surface area contributed by atoms with Crippen LogP contribution in [0.3, 0.4) is 0 Å². The number of hydrogen-bond acceptors (Lipinski definition) is 2. The van der Waals surface area contributed by atoms with Gasteiger partial charge in [0.2, 0.25) is 0 Å². The monoisotopic (exact) mass is 240 g/mol. The van der Waals surface area contributed by atoms with Crippen molar-refractivity contribution in [3.8, 4) is 5.69 Å². The van der Waals surface area contributed by atoms with Crippen LogP contribution in [0.1, 0.15) is 10.5 Å². The minimum atomic E-state index is -1.26. The Bertz CT molecular complexity index is 554. The molecule has 0 saturated heterocycles. The van der Waals surface area contributed by atoms with E-state index in [2.05, 4.69) is 5.10 Å². The van der Waals surface area contributed by atoms with E-state index < -0.39 is 11.8 Å². The molecule has 1 N–H and O–H groups in total. The average molecular weight is 241 g/mol. The summed E-state index contributed by atoms with van der Waals surface area (Å²) in [5, 5.41) is 12.6. The molecule has 1 aromatic carbocycles. The molecule has 0 atom stereocenters. The third-order valence-electron chi connectivity index (χ3n) is 2.01. The van der Waals surface area contributed by atoms with Crippen LogP contribution in [0.2, 0.25) is 5.02 Å². The molecule has 0 fully saturated rings. The summed E-state index contributed by atoms with van der Waals surface area (Å²) in [4.78, 5) is 10.9. The van der Waals surface area contributed by atoms with Gasteiger partial charge in [-0.15, -0.1) is 0 Å². The minimum absolute atomic E-state index is 0.0317. The standard InChI is InChI=1S/C10H6ClFN2O2/c11-6-5-13-14(9(6)10(15)16)8-4-2-1-3-7(8)12/h1-5H,(H,15,16). The van der Waals surface area contributed by atoms with Gasteiger partial charge in [-0.2, -0.15) is 5.10 Å². The fraction of sp³-hybridized carbons (Fsp3) is 0. The molecule has 6 heteroatoms. The van der Waals surface area contributed by atoms with Gasteiger partial charge in [0.25, 0.3) is 0 Å². The van der Waals surface area contributed by atoms with Gasteiger partial charge >= 0.3 is 5.97 Å². The Hall–Kier alpha value is -1.88. The smallest absolute Gasteiger partial charge is 0.356 e. The Balaban J connectivity index is 2.66. The van der Waals surface area contributed by atoms with Gasteiger partial charge in [-0.3, -0.25) is 0 Å². The summed E-state index contributed by atoms with van der Waals surface area (Å²) in [5.41, 5.74) is -0.210. The lowest BCUT2D eigenvalue weighted by Gasteiger charge is -2.05. The highest BCUT2D eigenvalue weighted by atomic mass is 35.5. The topological polar surface area (TPSA) is 55.1 Å². The van der Waals surface area contributed by atoms with E-state index in [1.165, 1.54) is 18.2 Å². The number of nitrogens with zero attached hydrogens (tertiary/aromatic N) is 2. The first kappa shape index (κ1) is 10.6. The maximum Gasteiger partial charge on any atom is 0.356 e. The number of rotatable bonds is 2. The minimum Gasteiger partial charge on any atom is -0.476 e. The maximum atomic E-state index is 13.4. The van der Waals surface area contributed by atoms with Crippen molar-refractivity contribution < 1.29 is 14.3 Å². The van der Waals surface area contributed by atoms with Crippen LogP contribution >= 0.6 is 11.6 Å². The number of aromatic carboxylic acids is 1. The van der Waals surface area contributed by atoms with Crippen LogP contribution in [0.25, 0.3) is 5.69 Å². The van der Waals surface area contributed by atoms with E-state index >= 15 is 0 Å². The molecule has 2 rings (SSSR count). The largest absolute Gasteiger partial charge is 0.476 e. The van der Waals surface area contributed by atoms with Gasteiger partial charge in [0.15, 0.2) is 5.69 Å². The molecule has 0 saturated carbocycles. The van der Waals surface area contributed by atoms with Gasteiger partial charge in [0, 0.05) is 0 Å². The highest BCUT2D eigenvalue weighted by Gasteiger charge is 2.19. The van der Waals surface area contributed by atoms with Crippen molar-refractivity contribution in [1.82, 2.24) is 9.78 Å². The molecule has 0 amide bonds. The second-order valence-corrected chi connectivity index (χ2v) is 3.42. The third kappa shape index (κ3) is 1.65. The fourth-order valence-corrected chi connectivity index (χ4v) is 1.53. The molecule has 2 aromatic rings. The number of halogens is 2. The predicted molar refractivity (Wildman–Crippen MR) is 55.5 cm³/mol. The van der Waals surface area contributed by atoms with Crippen molar-refractivity contribution in [2.24, 2.45) is 0 Å². The number of carbonyl (C=O) groups is 1. The van der Waals surface area contributed by atoms with E-state index in [9.17, 15) is 9.18 Å². The van der Waals surface area contributed by atoms with Crippen LogP contribution in [0.15, 0.2) is 30.5 Å². The average Bonchev–Trinajstić information content (AvgIpc) is 2.61. The van der Waals surface area contributed by atoms with Crippen molar-refractivity contribution in [3.63, 3.8) is 0 Å². The first-order valence-electron chi connectivity index (χ1n) is 4.33. The van der Waals surface area contributed by atoms with E-state index in [0.717, 1.165) is 10.9 Å². The highest BCUT2D eigenvalue weighted by Crippen LogP contribution is 2.20. The molecular formula is C10H6ClFN2O2. The normalized spacial score (nSPS) is 10.4. The Labute approximate surface area is 94.9 Å². The van der Waals surface area contributed by atoms with Crippen molar-refractivity contribution >= 4 is 17.6 Å². The zero-order valence-electron chi connectivity index (χ0n) is 7.89. The van der Waals surface area contributed by atoms with Crippen LogP contribution in [0, 0.1) is 5.82 Å². The molecule has 1 aromatic heterocycles. The second-order valence-electron chi connectivity index (χ2n) is 3.01. The van der Waals surface area contributed by atoms with Crippen LogP contribution in [0.4, 0.5) is 4.39 Å². The summed E-state index contributed by atoms with van der Waals surface area (Å²) >= 11 is 5.66. The lowest BCUT2D eigenvalue weighted by molar-refractivity contribution is 0.0687. The molecule has 1 heterocycles. The van der Waals surface area contributed by atoms with Crippen LogP contribution in [0.5, 0.6) is 0 Å². The summed E-state index contributed by atoms with van der Waals surface area (Å²) in [6.07, 6.45) is 1.16. The number of hydrogen-bond donors (Lipinski definition) is 1. The Morgan fingerprint density at radius 3 is 2.75 bits per heavy atom. The van der Waals surface area contributed by atoms with Crippen molar-refractivity contribution in [1.29, 1.82) is 0 Å². The summed E-state index contributed by atoms with van der Waals surface area (Å²) in [6.45, 7) is 0. The first-order valence-corrected chi connectivity index (χ1v) is 4.71. The summed E-state index contributed by atoms with van der Waals surface area (Å²) < 4.78 is 14.4. The van der Waals surface area contributed by atoms with E-state index in [1.807, 2.05) is 0 Å². The maximum absolute atomic E-state index is 13.4. The summed E-state index contributed by atoms with van der Waals surface area (Å²) in [6, 6.07) is 5.73. The molecule has 0 aliphatic rings. The Morgan fingerprint density at radius 1 is 1.44 bits per heavy atom. The van der Waals surface area contributed by atoms with Gasteiger partial charge in [-0.05, 0) is 12.1 Å². The van der Waals surface area contributed by atoms with Crippen molar-refractivity contribution in [2.75, 3.05) is 0 Å². The number of para-hydroxylation sites is 1. The number of aromatic nitrogens is 2. The van der Waals surface area contributed by atoms with Gasteiger partial charge in [-0.1, -0.05) is 23.7 Å². The molecular weight excluding hydrogens is 235 g/mol. The second kappa shape index (κ2) is 3.94. The third-order valence-corrected chi connectivity index (χ3v) is 2.28. The van der Waals surface area contributed by atoms with Crippen LogP contribution in [-0.4, -0.2) is 20.9 Å². The van der Waals surface area contributed by atoms with Crippen molar-refractivity contribution in [2.45, 2.75) is 0 Å². The van der Waals surface area contributed by atoms with Gasteiger partial charge in [0.1, 0.15) is 11.5 Å². The zero-order valence-corrected chi connectivity index (χ0v) is 8.65. The zero-order chi connectivity index (χ0) is 11.7. The molecule has 0 radical (unpaired) electrons. The molecule has 82 valence electrons. The number of carboxylic acid groups (broad SMARTS) is 1. The molecule has 0 aliphatic carbocycles. The summed E-state index contributed by atoms with van der Waals surface area (Å²) in [7, 11) is 0. The lowest BCUT2D eigenvalue weighted by Crippen LogP contribution is -2.09. The van der Waals surface area contributed by atoms with E-state index in [0.29, 0.717) is 0 Å². The molecule has 4 nitrogen and oxygen atoms in total. The Kier molecular flexibility index (Phi) is 2.62. The van der Waals surface area contributed by atoms with Crippen LogP contribution in [-0.2, 0) is 0 Å². The van der Waals surface area contributed by atoms with Crippen molar-refractivity contribution in [3.05, 3.63) is 47.0 Å². The van der Waals surface area contributed by atoms with E-state index in [4.69, 9.17) is 16.7 Å². The number of benzene rings is 1. The molecule has 0 aliphatic heterocycles. The quantitative estimate of drug-likeness (QED) is 0.877. The van der Waals surface area contributed by atoms with Gasteiger partial charge in [0.05, 0.1) is 11.2 Å². The van der Waals surface area contributed by atoms with E-state index in [1.54, 1.807) is 6.07 Å². The highest BCUT2D eigenvalue weighted by molar-refractivity contribution is 6.33.